The molecule has 0 bridgehead atoms. The van der Waals surface area contributed by atoms with Gasteiger partial charge in [0.15, 0.2) is 29.6 Å². The fraction of sp³-hybridized carbons (Fsp3) is 0.227. The summed E-state index contributed by atoms with van der Waals surface area (Å²) >= 11 is 6.57. The minimum Gasteiger partial charge on any atom is -0.493 e. The lowest BCUT2D eigenvalue weighted by molar-refractivity contribution is -0.124. The Hall–Kier alpha value is -3.24. The van der Waals surface area contributed by atoms with Gasteiger partial charge in [0.1, 0.15) is 4.32 Å². The van der Waals surface area contributed by atoms with E-state index in [0.29, 0.717) is 32.2 Å². The van der Waals surface area contributed by atoms with Gasteiger partial charge in [0.25, 0.3) is 11.8 Å². The monoisotopic (exact) mass is 472 g/mol. The molecule has 0 aliphatic carbocycles. The Labute approximate surface area is 194 Å². The van der Waals surface area contributed by atoms with Crippen LogP contribution in [0.4, 0.5) is 0 Å². The lowest BCUT2D eigenvalue weighted by Crippen LogP contribution is -2.38. The van der Waals surface area contributed by atoms with E-state index in [1.165, 1.54) is 23.8 Å². The molecule has 1 N–H and O–H groups in total. The quantitative estimate of drug-likeness (QED) is 0.464. The van der Waals surface area contributed by atoms with E-state index in [1.807, 2.05) is 18.2 Å². The van der Waals surface area contributed by atoms with Crippen LogP contribution in [0, 0.1) is 0 Å². The summed E-state index contributed by atoms with van der Waals surface area (Å²) in [7, 11) is 1.53. The Morgan fingerprint density at radius 3 is 2.81 bits per heavy atom. The summed E-state index contributed by atoms with van der Waals surface area (Å²) in [6, 6.07) is 12.5. The van der Waals surface area contributed by atoms with Gasteiger partial charge < -0.3 is 24.3 Å². The normalized spacial score (nSPS) is 15.9. The van der Waals surface area contributed by atoms with E-state index in [9.17, 15) is 9.59 Å². The number of carbonyl (C=O) groups excluding carboxylic acids is 2. The van der Waals surface area contributed by atoms with Crippen molar-refractivity contribution in [3.05, 3.63) is 52.9 Å². The van der Waals surface area contributed by atoms with Crippen molar-refractivity contribution >= 4 is 46.2 Å². The third-order valence-electron chi connectivity index (χ3n) is 4.65. The summed E-state index contributed by atoms with van der Waals surface area (Å²) in [6.07, 6.45) is 1.76. The molecule has 1 fully saturated rings. The molecule has 2 aliphatic rings. The lowest BCUT2D eigenvalue weighted by Gasteiger charge is -2.15. The van der Waals surface area contributed by atoms with Crippen molar-refractivity contribution in [2.75, 3.05) is 33.6 Å². The second-order valence-corrected chi connectivity index (χ2v) is 8.41. The molecule has 4 rings (SSSR count). The number of methoxy groups -OCH3 is 1. The molecular weight excluding hydrogens is 452 g/mol. The number of hydrogen-bond acceptors (Lipinski definition) is 8. The van der Waals surface area contributed by atoms with E-state index in [0.717, 1.165) is 5.56 Å². The molecule has 2 aliphatic heterocycles. The maximum Gasteiger partial charge on any atom is 0.266 e. The van der Waals surface area contributed by atoms with Crippen molar-refractivity contribution in [1.29, 1.82) is 0 Å². The number of carbonyl (C=O) groups is 2. The Morgan fingerprint density at radius 1 is 1.22 bits per heavy atom. The predicted molar refractivity (Wildman–Crippen MR) is 124 cm³/mol. The molecule has 32 heavy (non-hydrogen) atoms. The van der Waals surface area contributed by atoms with Gasteiger partial charge in [0.05, 0.1) is 12.0 Å². The zero-order chi connectivity index (χ0) is 22.5. The van der Waals surface area contributed by atoms with Gasteiger partial charge >= 0.3 is 0 Å². The number of thiocarbonyl (C=S) groups is 1. The van der Waals surface area contributed by atoms with Crippen LogP contribution in [-0.2, 0) is 9.59 Å². The Kier molecular flexibility index (Phi) is 6.81. The number of ether oxygens (including phenoxy) is 4. The van der Waals surface area contributed by atoms with Crippen molar-refractivity contribution < 1.29 is 28.5 Å². The fourth-order valence-corrected chi connectivity index (χ4v) is 4.40. The highest BCUT2D eigenvalue weighted by Crippen LogP contribution is 2.36. The molecular formula is C22H20N2O6S2. The van der Waals surface area contributed by atoms with Crippen LogP contribution in [0.5, 0.6) is 23.0 Å². The highest BCUT2D eigenvalue weighted by Gasteiger charge is 2.31. The molecule has 166 valence electrons. The number of benzene rings is 2. The number of thioether (sulfide) groups is 1. The summed E-state index contributed by atoms with van der Waals surface area (Å²) in [5.41, 5.74) is 0.816. The first-order valence-electron chi connectivity index (χ1n) is 9.72. The molecule has 10 heteroatoms. The van der Waals surface area contributed by atoms with Crippen LogP contribution < -0.4 is 24.3 Å². The average molecular weight is 473 g/mol. The highest BCUT2D eigenvalue weighted by molar-refractivity contribution is 8.26. The molecule has 2 heterocycles. The van der Waals surface area contributed by atoms with Crippen LogP contribution in [0.1, 0.15) is 5.56 Å². The number of hydrogen-bond donors (Lipinski definition) is 1. The minimum atomic E-state index is -0.308. The SMILES string of the molecule is COc1ccccc1OCC(=O)NCCN1C(=O)/C(=C\c2ccc3c(c2)OCO3)SC1=S. The van der Waals surface area contributed by atoms with Crippen LogP contribution in [-0.4, -0.2) is 54.6 Å². The first kappa shape index (κ1) is 22.0. The number of fused-ring (bicyclic) bond motifs is 1. The van der Waals surface area contributed by atoms with Crippen LogP contribution in [0.2, 0.25) is 0 Å². The standard InChI is InChI=1S/C22H20N2O6S2/c1-27-15-4-2-3-5-16(15)28-12-20(25)23-8-9-24-21(26)19(32-22(24)31)11-14-6-7-17-18(10-14)30-13-29-17/h2-7,10-11H,8-9,12-13H2,1H3,(H,23,25)/b19-11+. The number of amides is 2. The van der Waals surface area contributed by atoms with Crippen LogP contribution >= 0.6 is 24.0 Å². The Morgan fingerprint density at radius 2 is 2.00 bits per heavy atom. The summed E-state index contributed by atoms with van der Waals surface area (Å²) in [4.78, 5) is 26.8. The molecule has 0 saturated carbocycles. The second-order valence-electron chi connectivity index (χ2n) is 6.74. The molecule has 0 aromatic heterocycles. The maximum absolute atomic E-state index is 12.8. The van der Waals surface area contributed by atoms with Gasteiger partial charge in [-0.25, -0.2) is 0 Å². The molecule has 2 aromatic carbocycles. The van der Waals surface area contributed by atoms with Crippen molar-refractivity contribution in [2.24, 2.45) is 0 Å². The summed E-state index contributed by atoms with van der Waals surface area (Å²) in [5, 5.41) is 2.73. The zero-order valence-electron chi connectivity index (χ0n) is 17.2. The molecule has 0 radical (unpaired) electrons. The number of nitrogens with one attached hydrogen (secondary N) is 1. The first-order valence-corrected chi connectivity index (χ1v) is 10.9. The van der Waals surface area contributed by atoms with Gasteiger partial charge in [-0.1, -0.05) is 42.2 Å². The molecule has 2 amide bonds. The third-order valence-corrected chi connectivity index (χ3v) is 6.03. The molecule has 0 spiro atoms. The Balaban J connectivity index is 1.28. The van der Waals surface area contributed by atoms with Gasteiger partial charge in [-0.3, -0.25) is 14.5 Å². The highest BCUT2D eigenvalue weighted by atomic mass is 32.2. The molecule has 0 unspecified atom stereocenters. The molecule has 2 aromatic rings. The molecule has 0 atom stereocenters. The van der Waals surface area contributed by atoms with Gasteiger partial charge in [-0.2, -0.15) is 0 Å². The third kappa shape index (κ3) is 4.97. The Bertz CT molecular complexity index is 1090. The van der Waals surface area contributed by atoms with Gasteiger partial charge in [-0.15, -0.1) is 0 Å². The van der Waals surface area contributed by atoms with Crippen molar-refractivity contribution in [3.63, 3.8) is 0 Å². The van der Waals surface area contributed by atoms with Crippen molar-refractivity contribution in [3.8, 4) is 23.0 Å². The molecule has 8 nitrogen and oxygen atoms in total. The maximum atomic E-state index is 12.8. The second kappa shape index (κ2) is 9.92. The largest absolute Gasteiger partial charge is 0.493 e. The van der Waals surface area contributed by atoms with Crippen LogP contribution in [0.25, 0.3) is 6.08 Å². The van der Waals surface area contributed by atoms with E-state index in [4.69, 9.17) is 31.2 Å². The average Bonchev–Trinajstić information content (AvgIpc) is 3.37. The summed E-state index contributed by atoms with van der Waals surface area (Å²) in [5.74, 6) is 1.85. The topological polar surface area (TPSA) is 86.3 Å². The summed E-state index contributed by atoms with van der Waals surface area (Å²) in [6.45, 7) is 0.542. The van der Waals surface area contributed by atoms with Gasteiger partial charge in [-0.05, 0) is 35.9 Å². The van der Waals surface area contributed by atoms with Crippen molar-refractivity contribution in [2.45, 2.75) is 0 Å². The lowest BCUT2D eigenvalue weighted by atomic mass is 10.2. The minimum absolute atomic E-state index is 0.164. The predicted octanol–water partition coefficient (Wildman–Crippen LogP) is 2.82. The number of rotatable bonds is 8. The van der Waals surface area contributed by atoms with Crippen LogP contribution in [0.3, 0.4) is 0 Å². The zero-order valence-corrected chi connectivity index (χ0v) is 18.8. The van der Waals surface area contributed by atoms with Crippen LogP contribution in [0.15, 0.2) is 47.4 Å². The fourth-order valence-electron chi connectivity index (χ4n) is 3.09. The van der Waals surface area contributed by atoms with E-state index < -0.39 is 0 Å². The molecule has 1 saturated heterocycles. The van der Waals surface area contributed by atoms with E-state index in [-0.39, 0.29) is 38.3 Å². The summed E-state index contributed by atoms with van der Waals surface area (Å²) < 4.78 is 21.8. The van der Waals surface area contributed by atoms with E-state index >= 15 is 0 Å². The smallest absolute Gasteiger partial charge is 0.266 e. The van der Waals surface area contributed by atoms with Crippen molar-refractivity contribution in [1.82, 2.24) is 10.2 Å². The number of nitrogens with zero attached hydrogens (tertiary/aromatic N) is 1. The van der Waals surface area contributed by atoms with E-state index in [2.05, 4.69) is 5.32 Å². The first-order chi connectivity index (χ1) is 15.5. The van der Waals surface area contributed by atoms with Gasteiger partial charge in [0, 0.05) is 13.1 Å². The number of para-hydroxylation sites is 2. The van der Waals surface area contributed by atoms with Gasteiger partial charge in [0.2, 0.25) is 6.79 Å². The van der Waals surface area contributed by atoms with E-state index in [1.54, 1.807) is 30.3 Å².